The summed E-state index contributed by atoms with van der Waals surface area (Å²) in [6.07, 6.45) is 0.719. The second-order valence-corrected chi connectivity index (χ2v) is 6.32. The van der Waals surface area contributed by atoms with Gasteiger partial charge >= 0.3 is 0 Å². The van der Waals surface area contributed by atoms with Crippen molar-refractivity contribution in [2.75, 3.05) is 7.05 Å². The van der Waals surface area contributed by atoms with Gasteiger partial charge in [-0.2, -0.15) is 0 Å². The van der Waals surface area contributed by atoms with Crippen LogP contribution in [0.15, 0.2) is 42.5 Å². The minimum absolute atomic E-state index is 0.0114. The average molecular weight is 321 g/mol. The van der Waals surface area contributed by atoms with E-state index < -0.39 is 5.82 Å². The molecule has 2 aromatic carbocycles. The van der Waals surface area contributed by atoms with Gasteiger partial charge in [-0.25, -0.2) is 9.37 Å². The van der Waals surface area contributed by atoms with Crippen molar-refractivity contribution in [3.63, 3.8) is 0 Å². The molecule has 0 bridgehead atoms. The van der Waals surface area contributed by atoms with Gasteiger partial charge in [0.15, 0.2) is 0 Å². The Bertz CT molecular complexity index is 739. The normalized spacial score (nSPS) is 12.7. The molecule has 1 unspecified atom stereocenters. The molecule has 5 heteroatoms. The van der Waals surface area contributed by atoms with Crippen LogP contribution >= 0.6 is 22.9 Å². The Morgan fingerprint density at radius 2 is 2.10 bits per heavy atom. The number of thiazole rings is 1. The second-order valence-electron chi connectivity index (χ2n) is 4.79. The Labute approximate surface area is 131 Å². The number of hydrogen-bond donors (Lipinski definition) is 1. The predicted molar refractivity (Wildman–Crippen MR) is 86.5 cm³/mol. The zero-order valence-electron chi connectivity index (χ0n) is 11.4. The number of para-hydroxylation sites is 1. The van der Waals surface area contributed by atoms with Crippen molar-refractivity contribution in [1.29, 1.82) is 0 Å². The van der Waals surface area contributed by atoms with Gasteiger partial charge in [0.2, 0.25) is 0 Å². The maximum atomic E-state index is 13.6. The number of aromatic nitrogens is 1. The Hall–Kier alpha value is -1.49. The van der Waals surface area contributed by atoms with E-state index in [1.54, 1.807) is 17.4 Å². The summed E-state index contributed by atoms with van der Waals surface area (Å²) in [4.78, 5) is 4.62. The van der Waals surface area contributed by atoms with Crippen LogP contribution in [0, 0.1) is 5.82 Å². The standard InChI is InChI=1S/C16H14ClFN2S/c1-19-14(10-6-7-11(17)12(18)8-10)9-16-20-13-4-2-3-5-15(13)21-16/h2-8,14,19H,9H2,1H3. The summed E-state index contributed by atoms with van der Waals surface area (Å²) in [5.74, 6) is -0.390. The second kappa shape index (κ2) is 6.10. The van der Waals surface area contributed by atoms with E-state index in [2.05, 4.69) is 16.4 Å². The van der Waals surface area contributed by atoms with E-state index in [9.17, 15) is 4.39 Å². The molecular formula is C16H14ClFN2S. The van der Waals surface area contributed by atoms with E-state index in [1.165, 1.54) is 10.8 Å². The van der Waals surface area contributed by atoms with Gasteiger partial charge in [0.25, 0.3) is 0 Å². The van der Waals surface area contributed by atoms with Gasteiger partial charge in [0, 0.05) is 12.5 Å². The average Bonchev–Trinajstić information content (AvgIpc) is 2.90. The van der Waals surface area contributed by atoms with E-state index in [4.69, 9.17) is 11.6 Å². The van der Waals surface area contributed by atoms with Crippen molar-refractivity contribution < 1.29 is 4.39 Å². The van der Waals surface area contributed by atoms with Gasteiger partial charge in [-0.1, -0.05) is 29.8 Å². The van der Waals surface area contributed by atoms with Gasteiger partial charge < -0.3 is 5.32 Å². The summed E-state index contributed by atoms with van der Waals surface area (Å²) in [5, 5.41) is 4.39. The molecule has 0 saturated heterocycles. The Kier molecular flexibility index (Phi) is 4.19. The molecule has 1 heterocycles. The molecule has 0 aliphatic heterocycles. The summed E-state index contributed by atoms with van der Waals surface area (Å²) < 4.78 is 14.8. The van der Waals surface area contributed by atoms with Gasteiger partial charge in [-0.3, -0.25) is 0 Å². The predicted octanol–water partition coefficient (Wildman–Crippen LogP) is 4.59. The van der Waals surface area contributed by atoms with Crippen molar-refractivity contribution in [3.8, 4) is 0 Å². The van der Waals surface area contributed by atoms with Crippen molar-refractivity contribution in [1.82, 2.24) is 10.3 Å². The molecular weight excluding hydrogens is 307 g/mol. The first-order valence-electron chi connectivity index (χ1n) is 6.64. The molecule has 0 spiro atoms. The first-order chi connectivity index (χ1) is 10.2. The lowest BCUT2D eigenvalue weighted by Crippen LogP contribution is -2.18. The van der Waals surface area contributed by atoms with E-state index in [1.807, 2.05) is 31.3 Å². The smallest absolute Gasteiger partial charge is 0.142 e. The van der Waals surface area contributed by atoms with E-state index >= 15 is 0 Å². The Balaban J connectivity index is 1.88. The molecule has 0 radical (unpaired) electrons. The van der Waals surface area contributed by atoms with Gasteiger partial charge in [-0.05, 0) is 36.9 Å². The molecule has 0 saturated carbocycles. The van der Waals surface area contributed by atoms with Gasteiger partial charge in [-0.15, -0.1) is 11.3 Å². The molecule has 2 nitrogen and oxygen atoms in total. The van der Waals surface area contributed by atoms with Crippen molar-refractivity contribution in [2.24, 2.45) is 0 Å². The fraction of sp³-hybridized carbons (Fsp3) is 0.188. The molecule has 21 heavy (non-hydrogen) atoms. The zero-order chi connectivity index (χ0) is 14.8. The number of likely N-dealkylation sites (N-methyl/N-ethyl adjacent to an activating group) is 1. The van der Waals surface area contributed by atoms with Crippen LogP contribution in [-0.4, -0.2) is 12.0 Å². The number of benzene rings is 2. The molecule has 3 aromatic rings. The molecule has 3 rings (SSSR count). The molecule has 0 amide bonds. The molecule has 1 atom stereocenters. The highest BCUT2D eigenvalue weighted by Gasteiger charge is 2.14. The maximum Gasteiger partial charge on any atom is 0.142 e. The van der Waals surface area contributed by atoms with Crippen molar-refractivity contribution in [3.05, 3.63) is 63.9 Å². The highest BCUT2D eigenvalue weighted by molar-refractivity contribution is 7.18. The summed E-state index contributed by atoms with van der Waals surface area (Å²) in [6, 6.07) is 13.0. The van der Waals surface area contributed by atoms with Crippen LogP contribution in [0.4, 0.5) is 4.39 Å². The van der Waals surface area contributed by atoms with Crippen LogP contribution in [0.2, 0.25) is 5.02 Å². The molecule has 1 aromatic heterocycles. The fourth-order valence-electron chi connectivity index (χ4n) is 2.30. The number of rotatable bonds is 4. The zero-order valence-corrected chi connectivity index (χ0v) is 13.0. The maximum absolute atomic E-state index is 13.6. The summed E-state index contributed by atoms with van der Waals surface area (Å²) in [6.45, 7) is 0. The SMILES string of the molecule is CNC(Cc1nc2ccccc2s1)c1ccc(Cl)c(F)c1. The lowest BCUT2D eigenvalue weighted by molar-refractivity contribution is 0.577. The van der Waals surface area contributed by atoms with E-state index in [0.717, 1.165) is 22.5 Å². The first-order valence-corrected chi connectivity index (χ1v) is 7.83. The largest absolute Gasteiger partial charge is 0.313 e. The quantitative estimate of drug-likeness (QED) is 0.760. The minimum atomic E-state index is -0.390. The Morgan fingerprint density at radius 1 is 1.29 bits per heavy atom. The number of fused-ring (bicyclic) bond motifs is 1. The van der Waals surface area contributed by atoms with Crippen molar-refractivity contribution in [2.45, 2.75) is 12.5 Å². The lowest BCUT2D eigenvalue weighted by atomic mass is 10.0. The van der Waals surface area contributed by atoms with Gasteiger partial charge in [0.05, 0.1) is 20.2 Å². The first kappa shape index (κ1) is 14.4. The monoisotopic (exact) mass is 320 g/mol. The van der Waals surface area contributed by atoms with Crippen LogP contribution in [0.3, 0.4) is 0 Å². The van der Waals surface area contributed by atoms with Crippen LogP contribution in [-0.2, 0) is 6.42 Å². The van der Waals surface area contributed by atoms with Crippen LogP contribution in [0.5, 0.6) is 0 Å². The highest BCUT2D eigenvalue weighted by Crippen LogP contribution is 2.27. The Morgan fingerprint density at radius 3 is 2.81 bits per heavy atom. The third-order valence-corrected chi connectivity index (χ3v) is 4.78. The summed E-state index contributed by atoms with van der Waals surface area (Å²) in [7, 11) is 1.87. The molecule has 0 aliphatic rings. The third-order valence-electron chi connectivity index (χ3n) is 3.41. The lowest BCUT2D eigenvalue weighted by Gasteiger charge is -2.15. The summed E-state index contributed by atoms with van der Waals surface area (Å²) in [5.41, 5.74) is 1.88. The third kappa shape index (κ3) is 3.07. The van der Waals surface area contributed by atoms with Crippen molar-refractivity contribution >= 4 is 33.2 Å². The topological polar surface area (TPSA) is 24.9 Å². The number of nitrogens with zero attached hydrogens (tertiary/aromatic N) is 1. The van der Waals surface area contributed by atoms with Gasteiger partial charge in [0.1, 0.15) is 5.82 Å². The molecule has 0 fully saturated rings. The number of hydrogen-bond acceptors (Lipinski definition) is 3. The van der Waals surface area contributed by atoms with E-state index in [0.29, 0.717) is 0 Å². The molecule has 0 aliphatic carbocycles. The fourth-order valence-corrected chi connectivity index (χ4v) is 3.43. The number of halogens is 2. The highest BCUT2D eigenvalue weighted by atomic mass is 35.5. The van der Waals surface area contributed by atoms with Crippen LogP contribution in [0.1, 0.15) is 16.6 Å². The molecule has 108 valence electrons. The minimum Gasteiger partial charge on any atom is -0.313 e. The number of nitrogens with one attached hydrogen (secondary N) is 1. The van der Waals surface area contributed by atoms with Crippen LogP contribution < -0.4 is 5.32 Å². The van der Waals surface area contributed by atoms with E-state index in [-0.39, 0.29) is 11.1 Å². The van der Waals surface area contributed by atoms with Crippen LogP contribution in [0.25, 0.3) is 10.2 Å². The molecule has 1 N–H and O–H groups in total. The summed E-state index contributed by atoms with van der Waals surface area (Å²) >= 11 is 7.41.